The number of imidazole rings is 1. The number of nitrogens with one attached hydrogen (secondary N) is 1. The molecule has 138 valence electrons. The highest BCUT2D eigenvalue weighted by molar-refractivity contribution is 5.96. The number of likely N-dealkylation sites (tertiary alicyclic amines) is 1. The maximum Gasteiger partial charge on any atom is 0.255 e. The van der Waals surface area contributed by atoms with Crippen molar-refractivity contribution < 1.29 is 4.79 Å². The van der Waals surface area contributed by atoms with Crippen LogP contribution in [0.1, 0.15) is 61.3 Å². The molecular weight excluding hydrogens is 326 g/mol. The monoisotopic (exact) mass is 353 g/mol. The average Bonchev–Trinajstić information content (AvgIpc) is 3.20. The standard InChI is InChI=1S/C20H27N5O/c26-20(24-11-14-4-3-5-16(12-24)21-9-14)15-8-18-19(22-10-15)25(13-23-18)17-6-1-2-7-17/h8,10,13-14,16-17,21H,1-7,9,11-12H2/t14-,16-/m0/s1. The minimum absolute atomic E-state index is 0.107. The van der Waals surface area contributed by atoms with E-state index in [9.17, 15) is 4.79 Å². The molecule has 1 amide bonds. The topological polar surface area (TPSA) is 63.1 Å². The molecule has 0 unspecified atom stereocenters. The van der Waals surface area contributed by atoms with Crippen molar-refractivity contribution in [1.29, 1.82) is 0 Å². The Morgan fingerprint density at radius 1 is 1.08 bits per heavy atom. The predicted molar refractivity (Wildman–Crippen MR) is 100 cm³/mol. The van der Waals surface area contributed by atoms with Gasteiger partial charge in [-0.2, -0.15) is 0 Å². The quantitative estimate of drug-likeness (QED) is 0.902. The smallest absolute Gasteiger partial charge is 0.255 e. The lowest BCUT2D eigenvalue weighted by atomic mass is 9.99. The van der Waals surface area contributed by atoms with E-state index in [1.54, 1.807) is 6.20 Å². The van der Waals surface area contributed by atoms with Crippen LogP contribution in [0, 0.1) is 5.92 Å². The average molecular weight is 353 g/mol. The Balaban J connectivity index is 1.40. The summed E-state index contributed by atoms with van der Waals surface area (Å²) < 4.78 is 2.21. The van der Waals surface area contributed by atoms with Gasteiger partial charge in [0.2, 0.25) is 0 Å². The molecule has 5 rings (SSSR count). The fourth-order valence-corrected chi connectivity index (χ4v) is 4.99. The third-order valence-electron chi connectivity index (χ3n) is 6.44. The van der Waals surface area contributed by atoms with Gasteiger partial charge < -0.3 is 14.8 Å². The first-order valence-corrected chi connectivity index (χ1v) is 10.1. The van der Waals surface area contributed by atoms with Gasteiger partial charge in [0.1, 0.15) is 5.52 Å². The van der Waals surface area contributed by atoms with Crippen LogP contribution in [0.5, 0.6) is 0 Å². The number of hydrogen-bond donors (Lipinski definition) is 1. The second-order valence-electron chi connectivity index (χ2n) is 8.27. The van der Waals surface area contributed by atoms with Gasteiger partial charge in [0.25, 0.3) is 5.91 Å². The Labute approximate surface area is 154 Å². The van der Waals surface area contributed by atoms with Crippen LogP contribution in [0.3, 0.4) is 0 Å². The normalized spacial score (nSPS) is 27.0. The van der Waals surface area contributed by atoms with Crippen LogP contribution in [0.15, 0.2) is 18.6 Å². The number of amides is 1. The molecule has 4 heterocycles. The van der Waals surface area contributed by atoms with Gasteiger partial charge in [-0.25, -0.2) is 9.97 Å². The number of pyridine rings is 1. The van der Waals surface area contributed by atoms with Crippen LogP contribution in [0.25, 0.3) is 11.2 Å². The minimum Gasteiger partial charge on any atom is -0.337 e. The van der Waals surface area contributed by atoms with Gasteiger partial charge in [0.15, 0.2) is 5.65 Å². The number of nitrogens with zero attached hydrogens (tertiary/aromatic N) is 4. The van der Waals surface area contributed by atoms with E-state index in [2.05, 4.69) is 19.9 Å². The van der Waals surface area contributed by atoms with E-state index in [1.165, 1.54) is 44.9 Å². The van der Waals surface area contributed by atoms with Crippen molar-refractivity contribution in [2.75, 3.05) is 19.6 Å². The largest absolute Gasteiger partial charge is 0.337 e. The Morgan fingerprint density at radius 3 is 2.85 bits per heavy atom. The number of carbonyl (C=O) groups excluding carboxylic acids is 1. The second kappa shape index (κ2) is 6.65. The molecule has 2 atom stereocenters. The van der Waals surface area contributed by atoms with Crippen LogP contribution in [0.4, 0.5) is 0 Å². The molecule has 0 aromatic carbocycles. The summed E-state index contributed by atoms with van der Waals surface area (Å²) in [6, 6.07) is 2.89. The number of aromatic nitrogens is 3. The van der Waals surface area contributed by atoms with Gasteiger partial charge in [0.05, 0.1) is 11.9 Å². The first kappa shape index (κ1) is 16.2. The van der Waals surface area contributed by atoms with Gasteiger partial charge in [0, 0.05) is 31.4 Å². The highest BCUT2D eigenvalue weighted by Gasteiger charge is 2.30. The minimum atomic E-state index is 0.107. The fourth-order valence-electron chi connectivity index (χ4n) is 4.99. The van der Waals surface area contributed by atoms with E-state index in [4.69, 9.17) is 0 Å². The van der Waals surface area contributed by atoms with Crippen molar-refractivity contribution in [1.82, 2.24) is 24.8 Å². The van der Waals surface area contributed by atoms with Crippen LogP contribution in [-0.4, -0.2) is 51.0 Å². The lowest BCUT2D eigenvalue weighted by Crippen LogP contribution is -2.41. The maximum atomic E-state index is 13.1. The van der Waals surface area contributed by atoms with Crippen LogP contribution in [-0.2, 0) is 0 Å². The lowest BCUT2D eigenvalue weighted by molar-refractivity contribution is 0.0720. The summed E-state index contributed by atoms with van der Waals surface area (Å²) in [6.45, 7) is 2.71. The fraction of sp³-hybridized carbons (Fsp3) is 0.650. The Bertz CT molecular complexity index is 796. The Kier molecular flexibility index (Phi) is 4.15. The van der Waals surface area contributed by atoms with E-state index in [0.29, 0.717) is 23.6 Å². The Hall–Kier alpha value is -1.95. The summed E-state index contributed by atoms with van der Waals surface area (Å²) in [5.41, 5.74) is 2.44. The summed E-state index contributed by atoms with van der Waals surface area (Å²) in [7, 11) is 0. The van der Waals surface area contributed by atoms with E-state index >= 15 is 0 Å². The molecule has 0 spiro atoms. The highest BCUT2D eigenvalue weighted by Crippen LogP contribution is 2.31. The van der Waals surface area contributed by atoms with Gasteiger partial charge in [-0.15, -0.1) is 0 Å². The molecule has 1 aliphatic carbocycles. The molecule has 1 saturated carbocycles. The summed E-state index contributed by atoms with van der Waals surface area (Å²) in [6.07, 6.45) is 12.3. The summed E-state index contributed by atoms with van der Waals surface area (Å²) >= 11 is 0. The lowest BCUT2D eigenvalue weighted by Gasteiger charge is -2.28. The van der Waals surface area contributed by atoms with Gasteiger partial charge in [-0.1, -0.05) is 19.3 Å². The van der Waals surface area contributed by atoms with E-state index < -0.39 is 0 Å². The SMILES string of the molecule is O=C(c1cnc2c(c1)ncn2C1CCCC1)N1C[C@H]2CCC[C@@H](C1)NC2. The molecule has 26 heavy (non-hydrogen) atoms. The molecule has 2 aromatic rings. The van der Waals surface area contributed by atoms with Crippen LogP contribution >= 0.6 is 0 Å². The number of carbonyl (C=O) groups is 1. The molecule has 2 bridgehead atoms. The molecule has 2 saturated heterocycles. The van der Waals surface area contributed by atoms with E-state index in [-0.39, 0.29) is 5.91 Å². The van der Waals surface area contributed by atoms with Gasteiger partial charge in [-0.05, 0) is 44.2 Å². The zero-order chi connectivity index (χ0) is 17.5. The number of hydrogen-bond acceptors (Lipinski definition) is 4. The van der Waals surface area contributed by atoms with Gasteiger partial charge >= 0.3 is 0 Å². The van der Waals surface area contributed by atoms with E-state index in [0.717, 1.165) is 30.8 Å². The molecule has 2 aliphatic heterocycles. The van der Waals surface area contributed by atoms with Crippen LogP contribution in [0.2, 0.25) is 0 Å². The molecule has 0 radical (unpaired) electrons. The maximum absolute atomic E-state index is 13.1. The second-order valence-corrected chi connectivity index (χ2v) is 8.27. The summed E-state index contributed by atoms with van der Waals surface area (Å²) in [5.74, 6) is 0.681. The first-order chi connectivity index (χ1) is 12.8. The molecule has 3 fully saturated rings. The predicted octanol–water partition coefficient (Wildman–Crippen LogP) is 2.76. The van der Waals surface area contributed by atoms with Crippen molar-refractivity contribution in [3.8, 4) is 0 Å². The molecule has 3 aliphatic rings. The van der Waals surface area contributed by atoms with Crippen molar-refractivity contribution in [3.05, 3.63) is 24.2 Å². The third kappa shape index (κ3) is 2.90. The Morgan fingerprint density at radius 2 is 1.96 bits per heavy atom. The van der Waals surface area contributed by atoms with Gasteiger partial charge in [-0.3, -0.25) is 4.79 Å². The van der Waals surface area contributed by atoms with Crippen molar-refractivity contribution in [2.45, 2.75) is 57.0 Å². The first-order valence-electron chi connectivity index (χ1n) is 10.1. The number of fused-ring (bicyclic) bond motifs is 4. The molecule has 6 nitrogen and oxygen atoms in total. The highest BCUT2D eigenvalue weighted by atomic mass is 16.2. The molecule has 1 N–H and O–H groups in total. The number of rotatable bonds is 2. The molecular formula is C20H27N5O. The third-order valence-corrected chi connectivity index (χ3v) is 6.44. The summed E-state index contributed by atoms with van der Waals surface area (Å²) in [4.78, 5) is 24.3. The zero-order valence-electron chi connectivity index (χ0n) is 15.2. The van der Waals surface area contributed by atoms with Crippen LogP contribution < -0.4 is 5.32 Å². The summed E-state index contributed by atoms with van der Waals surface area (Å²) in [5, 5.41) is 3.62. The molecule has 6 heteroatoms. The molecule has 2 aromatic heterocycles. The van der Waals surface area contributed by atoms with Crippen molar-refractivity contribution in [2.24, 2.45) is 5.92 Å². The van der Waals surface area contributed by atoms with Crippen molar-refractivity contribution in [3.63, 3.8) is 0 Å². The zero-order valence-corrected chi connectivity index (χ0v) is 15.2. The van der Waals surface area contributed by atoms with E-state index in [1.807, 2.05) is 17.3 Å². The van der Waals surface area contributed by atoms with Crippen molar-refractivity contribution >= 4 is 17.1 Å².